The largest absolute Gasteiger partial charge is 0.326 e. The van der Waals surface area contributed by atoms with E-state index in [1.165, 1.54) is 32.1 Å². The second-order valence-electron chi connectivity index (χ2n) is 7.53. The quantitative estimate of drug-likeness (QED) is 0.837. The second-order valence-corrected chi connectivity index (χ2v) is 7.53. The highest BCUT2D eigenvalue weighted by molar-refractivity contribution is 5.84. The number of hydrogen-bond acceptors (Lipinski definition) is 2. The Hall–Kier alpha value is -0.570. The minimum atomic E-state index is 0.0299. The van der Waals surface area contributed by atoms with E-state index in [0.29, 0.717) is 17.7 Å². The van der Waals surface area contributed by atoms with Crippen molar-refractivity contribution in [1.82, 2.24) is 10.2 Å². The van der Waals surface area contributed by atoms with Gasteiger partial charge in [-0.2, -0.15) is 0 Å². The Kier molecular flexibility index (Phi) is 5.48. The molecule has 0 bridgehead atoms. The molecule has 3 nitrogen and oxygen atoms in total. The molecule has 1 heterocycles. The van der Waals surface area contributed by atoms with E-state index in [1.807, 2.05) is 0 Å². The molecule has 20 heavy (non-hydrogen) atoms. The summed E-state index contributed by atoms with van der Waals surface area (Å²) in [6, 6.07) is 0.0299. The number of rotatable bonds is 5. The molecule has 1 aliphatic carbocycles. The fourth-order valence-corrected chi connectivity index (χ4v) is 3.69. The lowest BCUT2D eigenvalue weighted by molar-refractivity contribution is -0.131. The van der Waals surface area contributed by atoms with Crippen LogP contribution in [-0.4, -0.2) is 29.6 Å². The molecule has 116 valence electrons. The molecule has 0 aromatic rings. The van der Waals surface area contributed by atoms with Crippen LogP contribution in [0.15, 0.2) is 0 Å². The van der Waals surface area contributed by atoms with Gasteiger partial charge in [0.2, 0.25) is 5.91 Å². The zero-order valence-electron chi connectivity index (χ0n) is 13.7. The van der Waals surface area contributed by atoms with E-state index in [-0.39, 0.29) is 12.2 Å². The van der Waals surface area contributed by atoms with Crippen LogP contribution in [0.1, 0.15) is 66.2 Å². The van der Waals surface area contributed by atoms with Crippen molar-refractivity contribution in [3.05, 3.63) is 0 Å². The highest BCUT2D eigenvalue weighted by atomic mass is 16.2. The van der Waals surface area contributed by atoms with Crippen molar-refractivity contribution in [2.45, 2.75) is 78.4 Å². The van der Waals surface area contributed by atoms with Crippen molar-refractivity contribution in [3.63, 3.8) is 0 Å². The lowest BCUT2D eigenvalue weighted by Gasteiger charge is -2.31. The Bertz CT molecular complexity index is 321. The lowest BCUT2D eigenvalue weighted by Crippen LogP contribution is -2.41. The van der Waals surface area contributed by atoms with Gasteiger partial charge < -0.3 is 4.90 Å². The van der Waals surface area contributed by atoms with E-state index in [2.05, 4.69) is 37.9 Å². The van der Waals surface area contributed by atoms with Gasteiger partial charge in [-0.05, 0) is 37.0 Å². The van der Waals surface area contributed by atoms with Crippen LogP contribution >= 0.6 is 0 Å². The maximum atomic E-state index is 12.7. The van der Waals surface area contributed by atoms with E-state index in [4.69, 9.17) is 0 Å². The summed E-state index contributed by atoms with van der Waals surface area (Å²) in [7, 11) is 0. The Morgan fingerprint density at radius 3 is 2.35 bits per heavy atom. The third-order valence-corrected chi connectivity index (χ3v) is 4.84. The molecule has 3 heteroatoms. The highest BCUT2D eigenvalue weighted by Crippen LogP contribution is 2.28. The normalized spacial score (nSPS) is 28.9. The van der Waals surface area contributed by atoms with Crippen molar-refractivity contribution in [3.8, 4) is 0 Å². The van der Waals surface area contributed by atoms with E-state index < -0.39 is 0 Å². The van der Waals surface area contributed by atoms with Gasteiger partial charge in [0.1, 0.15) is 0 Å². The predicted molar refractivity (Wildman–Crippen MR) is 83.3 cm³/mol. The minimum absolute atomic E-state index is 0.0299. The fourth-order valence-electron chi connectivity index (χ4n) is 3.69. The van der Waals surface area contributed by atoms with E-state index in [9.17, 15) is 4.79 Å². The molecule has 1 saturated heterocycles. The van der Waals surface area contributed by atoms with E-state index in [0.717, 1.165) is 18.9 Å². The Labute approximate surface area is 124 Å². The lowest BCUT2D eigenvalue weighted by atomic mass is 9.88. The number of carbonyl (C=O) groups is 1. The Morgan fingerprint density at radius 1 is 1.15 bits per heavy atom. The summed E-state index contributed by atoms with van der Waals surface area (Å²) in [6.07, 6.45) is 8.03. The van der Waals surface area contributed by atoms with Gasteiger partial charge in [-0.15, -0.1) is 0 Å². The zero-order chi connectivity index (χ0) is 14.7. The minimum Gasteiger partial charge on any atom is -0.326 e. The van der Waals surface area contributed by atoms with Crippen LogP contribution in [0.5, 0.6) is 0 Å². The van der Waals surface area contributed by atoms with Crippen molar-refractivity contribution >= 4 is 5.91 Å². The molecule has 2 atom stereocenters. The first-order chi connectivity index (χ1) is 9.49. The topological polar surface area (TPSA) is 32.3 Å². The van der Waals surface area contributed by atoms with Gasteiger partial charge in [0.15, 0.2) is 0 Å². The van der Waals surface area contributed by atoms with Gasteiger partial charge in [-0.25, -0.2) is 0 Å². The maximum absolute atomic E-state index is 12.7. The van der Waals surface area contributed by atoms with Crippen LogP contribution in [0.3, 0.4) is 0 Å². The zero-order valence-corrected chi connectivity index (χ0v) is 13.7. The molecule has 1 N–H and O–H groups in total. The first kappa shape index (κ1) is 15.8. The third kappa shape index (κ3) is 3.75. The van der Waals surface area contributed by atoms with Crippen molar-refractivity contribution in [1.29, 1.82) is 0 Å². The number of amides is 1. The van der Waals surface area contributed by atoms with Crippen molar-refractivity contribution in [2.75, 3.05) is 6.54 Å². The first-order valence-electron chi connectivity index (χ1n) is 8.55. The summed E-state index contributed by atoms with van der Waals surface area (Å²) in [5, 5.41) is 3.59. The van der Waals surface area contributed by atoms with Crippen LogP contribution in [0.2, 0.25) is 0 Å². The average Bonchev–Trinajstić information content (AvgIpc) is 2.68. The van der Waals surface area contributed by atoms with Gasteiger partial charge >= 0.3 is 0 Å². The number of carbonyl (C=O) groups excluding carboxylic acids is 1. The third-order valence-electron chi connectivity index (χ3n) is 4.84. The number of nitrogens with one attached hydrogen (secondary N) is 1. The molecule has 1 aliphatic heterocycles. The van der Waals surface area contributed by atoms with Crippen LogP contribution in [0.4, 0.5) is 0 Å². The van der Waals surface area contributed by atoms with Crippen LogP contribution < -0.4 is 5.32 Å². The molecule has 1 saturated carbocycles. The van der Waals surface area contributed by atoms with Crippen LogP contribution in [-0.2, 0) is 4.79 Å². The molecule has 0 aromatic carbocycles. The molecule has 0 radical (unpaired) electrons. The summed E-state index contributed by atoms with van der Waals surface area (Å²) in [6.45, 7) is 9.76. The number of nitrogens with zero attached hydrogens (tertiary/aromatic N) is 1. The first-order valence-corrected chi connectivity index (χ1v) is 8.55. The second kappa shape index (κ2) is 6.93. The molecule has 2 aliphatic rings. The molecule has 2 rings (SSSR count). The monoisotopic (exact) mass is 280 g/mol. The smallest absolute Gasteiger partial charge is 0.241 e. The SMILES string of the molecule is CC(C)CC1NC(C(C)C)C(=O)N1CC1CCCCC1. The van der Waals surface area contributed by atoms with Gasteiger partial charge in [-0.1, -0.05) is 47.0 Å². The van der Waals surface area contributed by atoms with Crippen molar-refractivity contribution in [2.24, 2.45) is 17.8 Å². The Balaban J connectivity index is 2.02. The summed E-state index contributed by atoms with van der Waals surface area (Å²) >= 11 is 0. The van der Waals surface area contributed by atoms with Gasteiger partial charge in [0.05, 0.1) is 12.2 Å². The van der Waals surface area contributed by atoms with E-state index in [1.54, 1.807) is 0 Å². The number of hydrogen-bond donors (Lipinski definition) is 1. The van der Waals surface area contributed by atoms with Crippen LogP contribution in [0, 0.1) is 17.8 Å². The summed E-state index contributed by atoms with van der Waals surface area (Å²) in [5.74, 6) is 2.08. The van der Waals surface area contributed by atoms with Crippen LogP contribution in [0.25, 0.3) is 0 Å². The molecular weight excluding hydrogens is 248 g/mol. The highest BCUT2D eigenvalue weighted by Gasteiger charge is 2.40. The predicted octanol–water partition coefficient (Wildman–Crippen LogP) is 3.40. The fraction of sp³-hybridized carbons (Fsp3) is 0.941. The van der Waals surface area contributed by atoms with Gasteiger partial charge in [0.25, 0.3) is 0 Å². The molecule has 2 fully saturated rings. The molecule has 2 unspecified atom stereocenters. The average molecular weight is 280 g/mol. The summed E-state index contributed by atoms with van der Waals surface area (Å²) in [4.78, 5) is 14.8. The van der Waals surface area contributed by atoms with Gasteiger partial charge in [0, 0.05) is 6.54 Å². The summed E-state index contributed by atoms with van der Waals surface area (Å²) < 4.78 is 0. The standard InChI is InChI=1S/C17H32N2O/c1-12(2)10-15-18-16(13(3)4)17(20)19(15)11-14-8-6-5-7-9-14/h12-16,18H,5-11H2,1-4H3. The molecule has 0 spiro atoms. The summed E-state index contributed by atoms with van der Waals surface area (Å²) in [5.41, 5.74) is 0. The van der Waals surface area contributed by atoms with E-state index >= 15 is 0 Å². The maximum Gasteiger partial charge on any atom is 0.241 e. The molecule has 1 amide bonds. The molecule has 0 aromatic heterocycles. The van der Waals surface area contributed by atoms with Crippen molar-refractivity contribution < 1.29 is 4.79 Å². The Morgan fingerprint density at radius 2 is 1.80 bits per heavy atom. The molecular formula is C17H32N2O. The van der Waals surface area contributed by atoms with Gasteiger partial charge in [-0.3, -0.25) is 10.1 Å².